The highest BCUT2D eigenvalue weighted by atomic mass is 32.1. The molecule has 0 saturated heterocycles. The third kappa shape index (κ3) is 6.43. The largest absolute Gasteiger partial charge is 0.535 e. The van der Waals surface area contributed by atoms with Gasteiger partial charge in [0.25, 0.3) is 0 Å². The van der Waals surface area contributed by atoms with Gasteiger partial charge in [-0.2, -0.15) is 0 Å². The quantitative estimate of drug-likeness (QED) is 0.363. The maximum atomic E-state index is 11.9. The van der Waals surface area contributed by atoms with E-state index in [2.05, 4.69) is 20.3 Å². The van der Waals surface area contributed by atoms with E-state index in [4.69, 9.17) is 9.47 Å². The molecular formula is C13H17N3O6S. The molecule has 0 spiro atoms. The highest BCUT2D eigenvalue weighted by Gasteiger charge is 2.21. The number of thiazole rings is 1. The van der Waals surface area contributed by atoms with Gasteiger partial charge in [0.15, 0.2) is 5.13 Å². The first-order valence-corrected chi connectivity index (χ1v) is 7.57. The monoisotopic (exact) mass is 343 g/mol. The van der Waals surface area contributed by atoms with Crippen LogP contribution < -0.4 is 5.32 Å². The van der Waals surface area contributed by atoms with Gasteiger partial charge in [-0.3, -0.25) is 9.63 Å². The van der Waals surface area contributed by atoms with Gasteiger partial charge >= 0.3 is 12.1 Å². The minimum Gasteiger partial charge on any atom is -0.461 e. The summed E-state index contributed by atoms with van der Waals surface area (Å²) in [7, 11) is 0. The standard InChI is InChI=1S/C13H17N3O6S/c1-5-20-11(18)10(16-22-13(19)21-7(2)3)9-6-23-12(15-9)14-8(4)17/h6-7H,5H2,1-4H3,(H,14,15,17). The summed E-state index contributed by atoms with van der Waals surface area (Å²) < 4.78 is 9.58. The molecule has 1 heterocycles. The Morgan fingerprint density at radius 2 is 2.09 bits per heavy atom. The molecule has 0 unspecified atom stereocenters. The molecule has 9 nitrogen and oxygen atoms in total. The van der Waals surface area contributed by atoms with Crippen molar-refractivity contribution in [3.05, 3.63) is 11.1 Å². The Labute approximate surface area is 136 Å². The van der Waals surface area contributed by atoms with Gasteiger partial charge in [-0.1, -0.05) is 5.16 Å². The fourth-order valence-electron chi connectivity index (χ4n) is 1.28. The van der Waals surface area contributed by atoms with Crippen molar-refractivity contribution in [2.24, 2.45) is 5.16 Å². The highest BCUT2D eigenvalue weighted by molar-refractivity contribution is 7.14. The zero-order chi connectivity index (χ0) is 17.4. The van der Waals surface area contributed by atoms with Crippen molar-refractivity contribution in [1.82, 2.24) is 4.98 Å². The van der Waals surface area contributed by atoms with Crippen LogP contribution in [-0.4, -0.2) is 41.4 Å². The first-order chi connectivity index (χ1) is 10.8. The normalized spacial score (nSPS) is 11.1. The number of esters is 1. The minimum atomic E-state index is -1.06. The number of carbonyl (C=O) groups excluding carboxylic acids is 3. The van der Waals surface area contributed by atoms with E-state index in [0.717, 1.165) is 11.3 Å². The average molecular weight is 343 g/mol. The van der Waals surface area contributed by atoms with Crippen molar-refractivity contribution in [3.8, 4) is 0 Å². The van der Waals surface area contributed by atoms with Crippen molar-refractivity contribution >= 4 is 40.2 Å². The molecule has 0 aliphatic carbocycles. The van der Waals surface area contributed by atoms with Crippen molar-refractivity contribution in [2.75, 3.05) is 11.9 Å². The number of hydrogen-bond donors (Lipinski definition) is 1. The van der Waals surface area contributed by atoms with Crippen molar-refractivity contribution in [1.29, 1.82) is 0 Å². The van der Waals surface area contributed by atoms with E-state index < -0.39 is 18.2 Å². The summed E-state index contributed by atoms with van der Waals surface area (Å²) in [6, 6.07) is 0. The number of anilines is 1. The van der Waals surface area contributed by atoms with E-state index in [9.17, 15) is 14.4 Å². The molecule has 0 saturated carbocycles. The number of amides is 1. The summed E-state index contributed by atoms with van der Waals surface area (Å²) in [6.45, 7) is 6.32. The van der Waals surface area contributed by atoms with E-state index in [1.54, 1.807) is 20.8 Å². The summed E-state index contributed by atoms with van der Waals surface area (Å²) in [4.78, 5) is 42.8. The molecule has 0 aliphatic heterocycles. The van der Waals surface area contributed by atoms with Crippen molar-refractivity contribution in [2.45, 2.75) is 33.8 Å². The molecule has 0 atom stereocenters. The zero-order valence-electron chi connectivity index (χ0n) is 13.1. The molecule has 23 heavy (non-hydrogen) atoms. The van der Waals surface area contributed by atoms with Gasteiger partial charge in [-0.15, -0.1) is 11.3 Å². The molecule has 1 aromatic rings. The summed E-state index contributed by atoms with van der Waals surface area (Å²) in [5, 5.41) is 7.67. The Hall–Kier alpha value is -2.49. The first-order valence-electron chi connectivity index (χ1n) is 6.69. The van der Waals surface area contributed by atoms with Gasteiger partial charge in [0.1, 0.15) is 5.69 Å². The molecule has 1 N–H and O–H groups in total. The zero-order valence-corrected chi connectivity index (χ0v) is 13.9. The summed E-state index contributed by atoms with van der Waals surface area (Å²) in [5.41, 5.74) is -0.199. The average Bonchev–Trinajstić information content (AvgIpc) is 2.85. The summed E-state index contributed by atoms with van der Waals surface area (Å²) >= 11 is 1.08. The van der Waals surface area contributed by atoms with E-state index in [1.807, 2.05) is 0 Å². The lowest BCUT2D eigenvalue weighted by molar-refractivity contribution is -0.135. The molecule has 0 radical (unpaired) electrons. The van der Waals surface area contributed by atoms with Gasteiger partial charge in [0.05, 0.1) is 12.7 Å². The van der Waals surface area contributed by atoms with E-state index in [0.29, 0.717) is 0 Å². The van der Waals surface area contributed by atoms with Crippen LogP contribution in [0.5, 0.6) is 0 Å². The van der Waals surface area contributed by atoms with Crippen molar-refractivity contribution in [3.63, 3.8) is 0 Å². The molecule has 10 heteroatoms. The number of rotatable bonds is 6. The van der Waals surface area contributed by atoms with Gasteiger partial charge in [-0.05, 0) is 20.8 Å². The highest BCUT2D eigenvalue weighted by Crippen LogP contribution is 2.16. The third-order valence-corrected chi connectivity index (χ3v) is 2.80. The van der Waals surface area contributed by atoms with Gasteiger partial charge in [-0.25, -0.2) is 14.6 Å². The molecule has 1 aromatic heterocycles. The molecule has 126 valence electrons. The molecule has 0 aromatic carbocycles. The van der Waals surface area contributed by atoms with Crippen LogP contribution in [0.1, 0.15) is 33.4 Å². The van der Waals surface area contributed by atoms with Crippen LogP contribution >= 0.6 is 11.3 Å². The summed E-state index contributed by atoms with van der Waals surface area (Å²) in [5.74, 6) is -1.12. The number of nitrogens with zero attached hydrogens (tertiary/aromatic N) is 2. The van der Waals surface area contributed by atoms with E-state index >= 15 is 0 Å². The lowest BCUT2D eigenvalue weighted by Gasteiger charge is -2.06. The topological polar surface area (TPSA) is 116 Å². The number of carbonyl (C=O) groups is 3. The van der Waals surface area contributed by atoms with Crippen LogP contribution in [0.3, 0.4) is 0 Å². The maximum Gasteiger partial charge on any atom is 0.535 e. The van der Waals surface area contributed by atoms with Crippen LogP contribution in [0.4, 0.5) is 9.93 Å². The first kappa shape index (κ1) is 18.6. The molecule has 0 aliphatic rings. The second kappa shape index (κ2) is 8.83. The second-order valence-electron chi connectivity index (χ2n) is 4.39. The fourth-order valence-corrected chi connectivity index (χ4v) is 2.02. The Kier molecular flexibility index (Phi) is 7.13. The van der Waals surface area contributed by atoms with Crippen LogP contribution in [0.2, 0.25) is 0 Å². The number of nitrogens with one attached hydrogen (secondary N) is 1. The number of ether oxygens (including phenoxy) is 2. The Morgan fingerprint density at radius 3 is 2.65 bits per heavy atom. The predicted molar refractivity (Wildman–Crippen MR) is 82.3 cm³/mol. The van der Waals surface area contributed by atoms with Gasteiger partial charge in [0.2, 0.25) is 11.6 Å². The van der Waals surface area contributed by atoms with Gasteiger partial charge < -0.3 is 14.8 Å². The number of hydrogen-bond acceptors (Lipinski definition) is 9. The third-order valence-electron chi connectivity index (χ3n) is 2.04. The van der Waals surface area contributed by atoms with Gasteiger partial charge in [0, 0.05) is 12.3 Å². The maximum absolute atomic E-state index is 11.9. The van der Waals surface area contributed by atoms with Crippen molar-refractivity contribution < 1.29 is 28.7 Å². The van der Waals surface area contributed by atoms with Crippen LogP contribution in [-0.2, 0) is 23.9 Å². The molecule has 0 bridgehead atoms. The van der Waals surface area contributed by atoms with E-state index in [-0.39, 0.29) is 29.1 Å². The molecular weight excluding hydrogens is 326 g/mol. The van der Waals surface area contributed by atoms with Crippen LogP contribution in [0.15, 0.2) is 10.5 Å². The Balaban J connectivity index is 2.96. The number of aromatic nitrogens is 1. The molecule has 0 fully saturated rings. The lowest BCUT2D eigenvalue weighted by atomic mass is 10.3. The Morgan fingerprint density at radius 1 is 1.39 bits per heavy atom. The van der Waals surface area contributed by atoms with Crippen LogP contribution in [0.25, 0.3) is 0 Å². The minimum absolute atomic E-state index is 0.106. The molecule has 1 amide bonds. The SMILES string of the molecule is CCOC(=O)C(=NOC(=O)OC(C)C)c1csc(NC(C)=O)n1. The second-order valence-corrected chi connectivity index (χ2v) is 5.25. The number of oxime groups is 1. The Bertz CT molecular complexity index is 611. The molecule has 1 rings (SSSR count). The lowest BCUT2D eigenvalue weighted by Crippen LogP contribution is -2.21. The predicted octanol–water partition coefficient (Wildman–Crippen LogP) is 1.93. The fraction of sp³-hybridized carbons (Fsp3) is 0.462. The van der Waals surface area contributed by atoms with E-state index in [1.165, 1.54) is 12.3 Å². The van der Waals surface area contributed by atoms with Crippen LogP contribution in [0, 0.1) is 0 Å². The smallest absolute Gasteiger partial charge is 0.461 e. The summed E-state index contributed by atoms with van der Waals surface area (Å²) in [6.07, 6.45) is -1.45.